The van der Waals surface area contributed by atoms with Gasteiger partial charge in [0, 0.05) is 6.42 Å². The number of sulfonamides is 1. The van der Waals surface area contributed by atoms with Crippen LogP contribution in [-0.2, 0) is 16.4 Å². The van der Waals surface area contributed by atoms with Crippen LogP contribution >= 0.6 is 0 Å². The van der Waals surface area contributed by atoms with Crippen molar-refractivity contribution in [2.24, 2.45) is 0 Å². The van der Waals surface area contributed by atoms with Gasteiger partial charge in [0.1, 0.15) is 10.7 Å². The predicted molar refractivity (Wildman–Crippen MR) is 43.5 cm³/mol. The third-order valence-corrected chi connectivity index (χ3v) is 2.50. The summed E-state index contributed by atoms with van der Waals surface area (Å²) in [5.74, 6) is 0.553. The molecule has 7 heteroatoms. The van der Waals surface area contributed by atoms with Gasteiger partial charge in [-0.1, -0.05) is 11.8 Å². The Labute approximate surface area is 75.7 Å². The Balaban J connectivity index is 3.06. The zero-order valence-corrected chi connectivity index (χ0v) is 7.74. The van der Waals surface area contributed by atoms with Crippen molar-refractivity contribution in [2.75, 3.05) is 0 Å². The molecule has 6 nitrogen and oxygen atoms in total. The molecule has 0 fully saturated rings. The van der Waals surface area contributed by atoms with Crippen molar-refractivity contribution in [2.45, 2.75) is 18.2 Å². The van der Waals surface area contributed by atoms with E-state index in [-0.39, 0.29) is 4.90 Å². The van der Waals surface area contributed by atoms with E-state index >= 15 is 0 Å². The highest BCUT2D eigenvalue weighted by atomic mass is 32.2. The van der Waals surface area contributed by atoms with Crippen LogP contribution in [0.4, 0.5) is 0 Å². The summed E-state index contributed by atoms with van der Waals surface area (Å²) in [5, 5.41) is 8.28. The first-order chi connectivity index (χ1) is 6.10. The third-order valence-electron chi connectivity index (χ3n) is 1.43. The van der Waals surface area contributed by atoms with Gasteiger partial charge in [0.25, 0.3) is 10.0 Å². The fourth-order valence-electron chi connectivity index (χ4n) is 0.717. The lowest BCUT2D eigenvalue weighted by Gasteiger charge is -2.00. The molecule has 0 spiro atoms. The Kier molecular flexibility index (Phi) is 2.91. The van der Waals surface area contributed by atoms with Crippen molar-refractivity contribution in [1.29, 1.82) is 0 Å². The molecular weight excluding hydrogens is 194 g/mol. The highest BCUT2D eigenvalue weighted by Crippen LogP contribution is 2.04. The van der Waals surface area contributed by atoms with Crippen LogP contribution in [0, 0.1) is 0 Å². The van der Waals surface area contributed by atoms with E-state index in [2.05, 4.69) is 9.97 Å². The van der Waals surface area contributed by atoms with Gasteiger partial charge in [-0.3, -0.25) is 0 Å². The first kappa shape index (κ1) is 10.0. The molecule has 0 unspecified atom stereocenters. The topological polar surface area (TPSA) is 92.2 Å². The number of nitrogens with zero attached hydrogens (tertiary/aromatic N) is 2. The van der Waals surface area contributed by atoms with Gasteiger partial charge in [0.2, 0.25) is 0 Å². The third kappa shape index (κ3) is 2.20. The van der Waals surface area contributed by atoms with E-state index in [0.29, 0.717) is 12.2 Å². The number of aromatic nitrogens is 2. The fourth-order valence-corrected chi connectivity index (χ4v) is 1.21. The van der Waals surface area contributed by atoms with Crippen molar-refractivity contribution in [3.05, 3.63) is 18.2 Å². The minimum atomic E-state index is -3.84. The summed E-state index contributed by atoms with van der Waals surface area (Å²) in [4.78, 5) is 8.57. The Bertz CT molecular complexity index is 373. The number of hydrogen-bond donors (Lipinski definition) is 2. The Hall–Kier alpha value is -1.05. The molecule has 1 heterocycles. The van der Waals surface area contributed by atoms with Crippen molar-refractivity contribution in [3.63, 3.8) is 0 Å². The quantitative estimate of drug-likeness (QED) is 0.658. The van der Waals surface area contributed by atoms with Gasteiger partial charge in [-0.15, -0.1) is 0 Å². The van der Waals surface area contributed by atoms with Crippen LogP contribution in [0.5, 0.6) is 0 Å². The van der Waals surface area contributed by atoms with Crippen molar-refractivity contribution < 1.29 is 13.6 Å². The van der Waals surface area contributed by atoms with Crippen LogP contribution in [-0.4, -0.2) is 23.6 Å². The molecule has 0 saturated carbocycles. The molecule has 0 bridgehead atoms. The molecule has 1 aromatic heterocycles. The van der Waals surface area contributed by atoms with Gasteiger partial charge in [-0.25, -0.2) is 18.4 Å². The van der Waals surface area contributed by atoms with Gasteiger partial charge < -0.3 is 5.21 Å². The summed E-state index contributed by atoms with van der Waals surface area (Å²) in [6.07, 6.45) is 2.92. The SMILES string of the molecule is CCc1ncc(S(=O)(=O)NO)cn1. The minimum absolute atomic E-state index is 0.160. The molecule has 0 aromatic carbocycles. The van der Waals surface area contributed by atoms with Crippen LogP contribution in [0.1, 0.15) is 12.7 Å². The van der Waals surface area contributed by atoms with E-state index in [1.54, 1.807) is 0 Å². The largest absolute Gasteiger partial charge is 0.302 e. The predicted octanol–water partition coefficient (Wildman–Crippen LogP) is -0.294. The molecule has 0 aliphatic carbocycles. The van der Waals surface area contributed by atoms with Crippen molar-refractivity contribution in [3.8, 4) is 0 Å². The van der Waals surface area contributed by atoms with E-state index in [4.69, 9.17) is 5.21 Å². The van der Waals surface area contributed by atoms with E-state index in [1.807, 2.05) is 6.92 Å². The van der Waals surface area contributed by atoms with Gasteiger partial charge >= 0.3 is 0 Å². The van der Waals surface area contributed by atoms with Gasteiger partial charge in [0.05, 0.1) is 12.4 Å². The zero-order valence-electron chi connectivity index (χ0n) is 6.93. The van der Waals surface area contributed by atoms with Crippen molar-refractivity contribution in [1.82, 2.24) is 14.9 Å². The highest BCUT2D eigenvalue weighted by molar-refractivity contribution is 7.89. The Morgan fingerprint density at radius 3 is 2.38 bits per heavy atom. The number of rotatable bonds is 3. The van der Waals surface area contributed by atoms with Crippen LogP contribution in [0.25, 0.3) is 0 Å². The van der Waals surface area contributed by atoms with Crippen molar-refractivity contribution >= 4 is 10.0 Å². The maximum Gasteiger partial charge on any atom is 0.265 e. The maximum atomic E-state index is 11.0. The number of aryl methyl sites for hydroxylation is 1. The lowest BCUT2D eigenvalue weighted by Crippen LogP contribution is -2.19. The minimum Gasteiger partial charge on any atom is -0.302 e. The second kappa shape index (κ2) is 3.77. The van der Waals surface area contributed by atoms with Crippen LogP contribution in [0.3, 0.4) is 0 Å². The number of nitrogens with one attached hydrogen (secondary N) is 1. The average molecular weight is 203 g/mol. The summed E-state index contributed by atoms with van der Waals surface area (Å²) in [5.41, 5.74) is 0. The molecule has 1 rings (SSSR count). The monoisotopic (exact) mass is 203 g/mol. The van der Waals surface area contributed by atoms with Crippen LogP contribution in [0.15, 0.2) is 17.3 Å². The summed E-state index contributed by atoms with van der Waals surface area (Å²) in [7, 11) is -3.84. The Morgan fingerprint density at radius 2 is 2.00 bits per heavy atom. The van der Waals surface area contributed by atoms with Gasteiger partial charge in [-0.05, 0) is 0 Å². The molecule has 0 radical (unpaired) electrons. The standard InChI is InChI=1S/C6H9N3O3S/c1-2-6-7-3-5(4-8-6)13(11,12)9-10/h3-4,9-10H,2H2,1H3. The number of hydrogen-bond acceptors (Lipinski definition) is 5. The van der Waals surface area contributed by atoms with Gasteiger partial charge in [-0.2, -0.15) is 0 Å². The summed E-state index contributed by atoms with van der Waals surface area (Å²) < 4.78 is 21.9. The molecule has 0 atom stereocenters. The lowest BCUT2D eigenvalue weighted by molar-refractivity contribution is 0.242. The molecule has 1 aromatic rings. The van der Waals surface area contributed by atoms with E-state index in [0.717, 1.165) is 12.4 Å². The molecule has 2 N–H and O–H groups in total. The van der Waals surface area contributed by atoms with E-state index in [1.165, 1.54) is 4.89 Å². The summed E-state index contributed by atoms with van der Waals surface area (Å²) in [6.45, 7) is 1.85. The molecule has 72 valence electrons. The first-order valence-corrected chi connectivity index (χ1v) is 5.05. The van der Waals surface area contributed by atoms with Crippen LogP contribution < -0.4 is 4.89 Å². The lowest BCUT2D eigenvalue weighted by atomic mass is 10.4. The average Bonchev–Trinajstić information content (AvgIpc) is 2.18. The summed E-state index contributed by atoms with van der Waals surface area (Å²) in [6, 6.07) is 0. The zero-order chi connectivity index (χ0) is 9.90. The van der Waals surface area contributed by atoms with E-state index < -0.39 is 10.0 Å². The molecule has 13 heavy (non-hydrogen) atoms. The second-order valence-electron chi connectivity index (χ2n) is 2.28. The first-order valence-electron chi connectivity index (χ1n) is 3.57. The molecular formula is C6H9N3O3S. The summed E-state index contributed by atoms with van der Waals surface area (Å²) >= 11 is 0. The molecule has 0 aliphatic heterocycles. The van der Waals surface area contributed by atoms with Crippen LogP contribution in [0.2, 0.25) is 0 Å². The smallest absolute Gasteiger partial charge is 0.265 e. The molecule has 0 aliphatic rings. The molecule has 0 amide bonds. The van der Waals surface area contributed by atoms with E-state index in [9.17, 15) is 8.42 Å². The molecule has 0 saturated heterocycles. The highest BCUT2D eigenvalue weighted by Gasteiger charge is 2.12. The second-order valence-corrected chi connectivity index (χ2v) is 3.94. The Morgan fingerprint density at radius 1 is 1.46 bits per heavy atom. The normalized spacial score (nSPS) is 11.5. The fraction of sp³-hybridized carbons (Fsp3) is 0.333. The van der Waals surface area contributed by atoms with Gasteiger partial charge in [0.15, 0.2) is 0 Å². The maximum absolute atomic E-state index is 11.0.